The van der Waals surface area contributed by atoms with Gasteiger partial charge < -0.3 is 19.1 Å². The molecule has 0 radical (unpaired) electrons. The number of aliphatic imine (C=N–C) groups is 1. The van der Waals surface area contributed by atoms with Gasteiger partial charge in [0.1, 0.15) is 17.2 Å². The fourth-order valence-electron chi connectivity index (χ4n) is 3.92. The number of amidine groups is 1. The molecule has 0 bridgehead atoms. The van der Waals surface area contributed by atoms with E-state index in [2.05, 4.69) is 10.3 Å². The predicted molar refractivity (Wildman–Crippen MR) is 143 cm³/mol. The predicted octanol–water partition coefficient (Wildman–Crippen LogP) is 3.40. The van der Waals surface area contributed by atoms with Crippen molar-refractivity contribution in [2.75, 3.05) is 24.9 Å². The smallest absolute Gasteiger partial charge is 0.307 e. The highest BCUT2D eigenvalue weighted by Crippen LogP contribution is 2.32. The molecular formula is C28H22N4O6S. The molecule has 0 unspecified atom stereocenters. The lowest BCUT2D eigenvalue weighted by atomic mass is 10.1. The number of rotatable bonds is 8. The molecule has 5 rings (SSSR count). The number of hydrogen-bond acceptors (Lipinski definition) is 9. The average Bonchev–Trinajstić information content (AvgIpc) is 3.51. The maximum Gasteiger partial charge on any atom is 0.307 e. The Bertz CT molecular complexity index is 1580. The van der Waals surface area contributed by atoms with Gasteiger partial charge in [-0.25, -0.2) is 4.99 Å². The number of ether oxygens (including phenoxy) is 2. The van der Waals surface area contributed by atoms with Gasteiger partial charge in [0, 0.05) is 17.7 Å². The van der Waals surface area contributed by atoms with Gasteiger partial charge in [0.2, 0.25) is 11.5 Å². The van der Waals surface area contributed by atoms with Crippen molar-refractivity contribution >= 4 is 40.4 Å². The van der Waals surface area contributed by atoms with Crippen LogP contribution in [0.5, 0.6) is 17.4 Å². The number of para-hydroxylation sites is 2. The van der Waals surface area contributed by atoms with Crippen LogP contribution < -0.4 is 24.2 Å². The minimum absolute atomic E-state index is 0.147. The number of hydrogen-bond donors (Lipinski definition) is 0. The van der Waals surface area contributed by atoms with E-state index in [0.29, 0.717) is 28.4 Å². The van der Waals surface area contributed by atoms with E-state index in [4.69, 9.17) is 14.0 Å². The summed E-state index contributed by atoms with van der Waals surface area (Å²) in [6.07, 6.45) is 1.61. The van der Waals surface area contributed by atoms with Gasteiger partial charge >= 0.3 is 5.69 Å². The number of methoxy groups -OCH3 is 2. The summed E-state index contributed by atoms with van der Waals surface area (Å²) >= 11 is 1.03. The van der Waals surface area contributed by atoms with Gasteiger partial charge in [-0.3, -0.25) is 14.5 Å². The number of benzene rings is 3. The van der Waals surface area contributed by atoms with Crippen LogP contribution in [-0.2, 0) is 4.79 Å². The number of carbonyl (C=O) groups is 2. The van der Waals surface area contributed by atoms with Gasteiger partial charge in [0.15, 0.2) is 11.1 Å². The highest BCUT2D eigenvalue weighted by molar-refractivity contribution is 8.14. The fraction of sp³-hybridized carbons (Fsp3) is 0.107. The zero-order valence-electron chi connectivity index (χ0n) is 20.9. The Morgan fingerprint density at radius 2 is 1.77 bits per heavy atom. The first kappa shape index (κ1) is 25.7. The van der Waals surface area contributed by atoms with Crippen LogP contribution in [0, 0.1) is 0 Å². The first-order valence-electron chi connectivity index (χ1n) is 11.7. The highest BCUT2D eigenvalue weighted by atomic mass is 32.2. The van der Waals surface area contributed by atoms with E-state index >= 15 is 0 Å². The first-order chi connectivity index (χ1) is 19.0. The van der Waals surface area contributed by atoms with Crippen molar-refractivity contribution in [3.63, 3.8) is 0 Å². The van der Waals surface area contributed by atoms with Gasteiger partial charge in [-0.1, -0.05) is 48.2 Å². The number of carbonyl (C=O) groups excluding carboxylic acids is 2. The molecule has 0 fully saturated rings. The molecule has 0 N–H and O–H groups in total. The molecular weight excluding hydrogens is 520 g/mol. The van der Waals surface area contributed by atoms with Gasteiger partial charge in [-0.15, -0.1) is 0 Å². The molecule has 11 heteroatoms. The molecule has 39 heavy (non-hydrogen) atoms. The van der Waals surface area contributed by atoms with Gasteiger partial charge in [0.25, 0.3) is 5.91 Å². The molecule has 1 aromatic heterocycles. The van der Waals surface area contributed by atoms with Crippen molar-refractivity contribution in [2.24, 2.45) is 4.99 Å². The lowest BCUT2D eigenvalue weighted by Gasteiger charge is -2.17. The summed E-state index contributed by atoms with van der Waals surface area (Å²) in [4.78, 5) is 32.7. The van der Waals surface area contributed by atoms with Crippen molar-refractivity contribution in [3.05, 3.63) is 95.8 Å². The second-order valence-electron chi connectivity index (χ2n) is 8.18. The second kappa shape index (κ2) is 11.2. The van der Waals surface area contributed by atoms with E-state index in [1.807, 2.05) is 6.07 Å². The van der Waals surface area contributed by atoms with E-state index in [-0.39, 0.29) is 28.2 Å². The summed E-state index contributed by atoms with van der Waals surface area (Å²) in [6.45, 7) is 0. The number of nitrogens with zero attached hydrogens (tertiary/aromatic N) is 4. The third-order valence-corrected chi connectivity index (χ3v) is 6.72. The highest BCUT2D eigenvalue weighted by Gasteiger charge is 2.34. The van der Waals surface area contributed by atoms with Crippen LogP contribution in [0.4, 0.5) is 5.69 Å². The Balaban J connectivity index is 1.47. The summed E-state index contributed by atoms with van der Waals surface area (Å²) in [5, 5.41) is 16.4. The largest absolute Gasteiger partial charge is 0.539 e. The molecule has 1 aliphatic rings. The maximum absolute atomic E-state index is 13.5. The molecule has 4 aromatic rings. The number of anilines is 1. The number of ketones is 1. The Labute approximate surface area is 227 Å². The maximum atomic E-state index is 13.5. The number of aromatic nitrogens is 2. The van der Waals surface area contributed by atoms with Crippen LogP contribution >= 0.6 is 11.8 Å². The van der Waals surface area contributed by atoms with Crippen molar-refractivity contribution in [3.8, 4) is 23.1 Å². The summed E-state index contributed by atoms with van der Waals surface area (Å²) < 4.78 is 16.7. The van der Waals surface area contributed by atoms with E-state index in [9.17, 15) is 14.7 Å². The van der Waals surface area contributed by atoms with E-state index in [1.165, 1.54) is 16.7 Å². The Hall–Kier alpha value is -4.90. The molecule has 2 heterocycles. The van der Waals surface area contributed by atoms with Crippen molar-refractivity contribution in [1.29, 1.82) is 0 Å². The van der Waals surface area contributed by atoms with E-state index < -0.39 is 11.7 Å². The van der Waals surface area contributed by atoms with E-state index in [1.54, 1.807) is 86.0 Å². The van der Waals surface area contributed by atoms with Crippen LogP contribution in [-0.4, -0.2) is 42.1 Å². The normalized spacial score (nSPS) is 14.0. The van der Waals surface area contributed by atoms with E-state index in [0.717, 1.165) is 11.8 Å². The number of amides is 1. The average molecular weight is 543 g/mol. The van der Waals surface area contributed by atoms with Gasteiger partial charge in [-0.05, 0) is 41.1 Å². The van der Waals surface area contributed by atoms with Crippen molar-refractivity contribution in [2.45, 2.75) is 0 Å². The lowest BCUT2D eigenvalue weighted by molar-refractivity contribution is -0.672. The molecule has 1 aliphatic heterocycles. The quantitative estimate of drug-likeness (QED) is 0.189. The zero-order chi connectivity index (χ0) is 27.4. The van der Waals surface area contributed by atoms with Crippen LogP contribution in [0.15, 0.2) is 94.1 Å². The van der Waals surface area contributed by atoms with Crippen LogP contribution in [0.1, 0.15) is 16.1 Å². The summed E-state index contributed by atoms with van der Waals surface area (Å²) in [6, 6.07) is 22.9. The molecule has 10 nitrogen and oxygen atoms in total. The minimum atomic E-state index is -0.848. The molecule has 1 amide bonds. The van der Waals surface area contributed by atoms with Gasteiger partial charge in [-0.2, -0.15) is 0 Å². The minimum Gasteiger partial charge on any atom is -0.539 e. The SMILES string of the molecule is COc1ccc(OC)c(/C=C2/N=C(SCC(=O)c3c([O-])on[n+]3-c3ccccc3)N(c3ccccc3)C2=O)c1. The number of Topliss-reactive ketones (excluding diaryl/α,β-unsaturated/α-hetero) is 1. The summed E-state index contributed by atoms with van der Waals surface area (Å²) in [7, 11) is 3.08. The molecule has 0 aliphatic carbocycles. The van der Waals surface area contributed by atoms with Crippen molar-refractivity contribution in [1.82, 2.24) is 5.27 Å². The third-order valence-electron chi connectivity index (χ3n) is 5.78. The summed E-state index contributed by atoms with van der Waals surface area (Å²) in [5.74, 6) is -0.811. The zero-order valence-corrected chi connectivity index (χ0v) is 21.8. The fourth-order valence-corrected chi connectivity index (χ4v) is 4.80. The lowest BCUT2D eigenvalue weighted by Crippen LogP contribution is -2.39. The van der Waals surface area contributed by atoms with Crippen LogP contribution in [0.25, 0.3) is 11.8 Å². The molecule has 0 saturated carbocycles. The van der Waals surface area contributed by atoms with Crippen LogP contribution in [0.2, 0.25) is 0 Å². The second-order valence-corrected chi connectivity index (χ2v) is 9.12. The third kappa shape index (κ3) is 5.25. The monoisotopic (exact) mass is 542 g/mol. The van der Waals surface area contributed by atoms with Crippen LogP contribution in [0.3, 0.4) is 0 Å². The molecule has 3 aromatic carbocycles. The number of thioether (sulfide) groups is 1. The van der Waals surface area contributed by atoms with Crippen molar-refractivity contribution < 1.29 is 33.4 Å². The molecule has 0 atom stereocenters. The Morgan fingerprint density at radius 1 is 1.05 bits per heavy atom. The summed E-state index contributed by atoms with van der Waals surface area (Å²) in [5.41, 5.74) is 1.61. The molecule has 0 saturated heterocycles. The standard InChI is InChI=1S/C28H22N4O6S/c1-36-21-13-14-24(37-2)18(15-21)16-22-26(34)31(19-9-5-3-6-10-19)28(29-22)39-17-23(33)25-27(35)38-30-32(25)20-11-7-4-8-12-20/h3-16H,17H2,1-2H3/b22-16+. The first-order valence-corrected chi connectivity index (χ1v) is 12.7. The topological polar surface area (TPSA) is 121 Å². The Morgan fingerprint density at radius 3 is 2.46 bits per heavy atom. The molecule has 196 valence electrons. The Kier molecular flexibility index (Phi) is 7.41. The molecule has 0 spiro atoms. The van der Waals surface area contributed by atoms with Gasteiger partial charge in [0.05, 0.1) is 30.9 Å².